The quantitative estimate of drug-likeness (QED) is 0.0903. The first-order valence-electron chi connectivity index (χ1n) is 31.1. The topological polar surface area (TPSA) is 29.5 Å². The normalized spacial score (nSPS) is 15.0. The van der Waals surface area contributed by atoms with Gasteiger partial charge in [0, 0.05) is 66.0 Å². The van der Waals surface area contributed by atoms with Gasteiger partial charge in [-0.15, -0.1) is 0 Å². The van der Waals surface area contributed by atoms with Crippen LogP contribution in [-0.4, -0.2) is 0 Å². The van der Waals surface area contributed by atoms with E-state index in [4.69, 9.17) is 8.83 Å². The lowest BCUT2D eigenvalue weighted by Gasteiger charge is -2.35. The molecule has 0 spiro atoms. The summed E-state index contributed by atoms with van der Waals surface area (Å²) < 4.78 is 14.1. The van der Waals surface area contributed by atoms with Gasteiger partial charge < -0.3 is 13.7 Å². The highest BCUT2D eigenvalue weighted by molar-refractivity contribution is 6.21. The van der Waals surface area contributed by atoms with Gasteiger partial charge >= 0.3 is 0 Å². The average molecular weight is 1070 g/mol. The maximum absolute atomic E-state index is 7.08. The van der Waals surface area contributed by atoms with Crippen LogP contribution >= 0.6 is 0 Å². The van der Waals surface area contributed by atoms with Crippen molar-refractivity contribution in [1.82, 2.24) is 0 Å². The summed E-state index contributed by atoms with van der Waals surface area (Å²) in [5.41, 5.74) is 26.8. The zero-order chi connectivity index (χ0) is 56.3. The van der Waals surface area contributed by atoms with E-state index in [2.05, 4.69) is 237 Å². The number of anilines is 3. The predicted octanol–water partition coefficient (Wildman–Crippen LogP) is 23.5. The van der Waals surface area contributed by atoms with Crippen LogP contribution in [0.2, 0.25) is 0 Å². The molecule has 0 unspecified atom stereocenters. The Labute approximate surface area is 486 Å². The molecule has 11 aromatic rings. The summed E-state index contributed by atoms with van der Waals surface area (Å²) in [6.45, 7) is 21.5. The number of fused-ring (bicyclic) bond motifs is 19. The number of unbranched alkanes of at least 4 members (excludes halogenated alkanes) is 8. The Morgan fingerprint density at radius 1 is 0.402 bits per heavy atom. The van der Waals surface area contributed by atoms with E-state index in [9.17, 15) is 0 Å². The number of furan rings is 2. The lowest BCUT2D eigenvalue weighted by molar-refractivity contribution is 0.399. The molecule has 3 aliphatic carbocycles. The van der Waals surface area contributed by atoms with Gasteiger partial charge in [0.05, 0.1) is 0 Å². The molecule has 0 saturated carbocycles. The molecular weight excluding hydrogens is 995 g/mol. The van der Waals surface area contributed by atoms with Crippen LogP contribution in [0.1, 0.15) is 178 Å². The second-order valence-corrected chi connectivity index (χ2v) is 26.6. The van der Waals surface area contributed by atoms with E-state index in [1.807, 2.05) is 0 Å². The highest BCUT2D eigenvalue weighted by Gasteiger charge is 2.49. The van der Waals surface area contributed by atoms with E-state index >= 15 is 0 Å². The molecule has 0 fully saturated rings. The number of nitrogens with zero attached hydrogens (tertiary/aromatic N) is 1. The fourth-order valence-electron chi connectivity index (χ4n) is 15.8. The predicted molar refractivity (Wildman–Crippen MR) is 348 cm³/mol. The van der Waals surface area contributed by atoms with Gasteiger partial charge in [-0.2, -0.15) is 0 Å². The minimum atomic E-state index is -0.335. The number of hydrogen-bond donors (Lipinski definition) is 0. The number of benzene rings is 9. The first kappa shape index (κ1) is 52.5. The van der Waals surface area contributed by atoms with Crippen LogP contribution in [0.15, 0.2) is 179 Å². The molecule has 0 aliphatic heterocycles. The molecule has 0 atom stereocenters. The van der Waals surface area contributed by atoms with Crippen molar-refractivity contribution in [2.75, 3.05) is 4.90 Å². The second-order valence-electron chi connectivity index (χ2n) is 26.6. The van der Waals surface area contributed by atoms with Crippen molar-refractivity contribution >= 4 is 60.9 Å². The Kier molecular flexibility index (Phi) is 12.7. The Morgan fingerprint density at radius 3 is 1.54 bits per heavy atom. The number of para-hydroxylation sites is 2. The fraction of sp³-hybridized carbons (Fsp3) is 0.316. The van der Waals surface area contributed by atoms with Crippen LogP contribution in [0.5, 0.6) is 0 Å². The molecule has 0 N–H and O–H groups in total. The SMILES string of the molecule is CCCCCCCC1(CCCCCCC)c2cc(N(c3ccc(C(C)(C)C)cc3)c3ccc4c(c3)C(C)(C)c3c5c(c6oc7ccccc7c6c3-4)-c3ccccc3C5(C)C)ccc2-c2c1cc(-c1ccccc1)c1oc3ccccc3c21. The van der Waals surface area contributed by atoms with Crippen LogP contribution < -0.4 is 4.90 Å². The van der Waals surface area contributed by atoms with E-state index in [1.165, 1.54) is 181 Å². The van der Waals surface area contributed by atoms with Gasteiger partial charge in [-0.1, -0.05) is 242 Å². The lowest BCUT2D eigenvalue weighted by Crippen LogP contribution is -2.26. The maximum Gasteiger partial charge on any atom is 0.144 e. The number of hydrogen-bond acceptors (Lipinski definition) is 3. The minimum Gasteiger partial charge on any atom is -0.455 e. The molecule has 412 valence electrons. The molecule has 0 amide bonds. The van der Waals surface area contributed by atoms with E-state index in [-0.39, 0.29) is 21.7 Å². The first-order chi connectivity index (χ1) is 39.8. The van der Waals surface area contributed by atoms with Gasteiger partial charge in [-0.25, -0.2) is 0 Å². The highest BCUT2D eigenvalue weighted by Crippen LogP contribution is 2.65. The standard InChI is InChI=1S/C79H79NO2/c1-10-12-14-16-27-45-79(46-28-17-15-13-11-2)63-48-54(42-44-57(63)67-64(79)49-60(50-29-19-18-20-30-50)74-69(67)58-32-22-25-35-65(58)81-74)80(52-39-37-51(38-40-52)76(3,4)5)53-41-43-56-62(47-53)78(8,9)72-68(56)70-59-33-23-26-36-66(59)82-75(70)71-55-31-21-24-34-61(55)77(6,7)73(71)72/h18-26,29-44,47-49H,10-17,27-28,45-46H2,1-9H3. The zero-order valence-electron chi connectivity index (χ0n) is 49.9. The molecule has 14 rings (SSSR count). The van der Waals surface area contributed by atoms with Crippen LogP contribution in [0.3, 0.4) is 0 Å². The molecule has 2 heterocycles. The molecule has 9 aromatic carbocycles. The largest absolute Gasteiger partial charge is 0.455 e. The van der Waals surface area contributed by atoms with Crippen molar-refractivity contribution in [3.05, 3.63) is 209 Å². The molecule has 3 aliphatic rings. The molecule has 2 aromatic heterocycles. The lowest BCUT2D eigenvalue weighted by atomic mass is 9.70. The van der Waals surface area contributed by atoms with E-state index < -0.39 is 0 Å². The van der Waals surface area contributed by atoms with Gasteiger partial charge in [-0.05, 0) is 145 Å². The summed E-state index contributed by atoms with van der Waals surface area (Å²) >= 11 is 0. The average Bonchev–Trinajstić information content (AvgIpc) is 1.58. The monoisotopic (exact) mass is 1070 g/mol. The van der Waals surface area contributed by atoms with Crippen molar-refractivity contribution in [2.45, 2.75) is 161 Å². The van der Waals surface area contributed by atoms with E-state index in [0.717, 1.165) is 40.9 Å². The Balaban J connectivity index is 1.01. The molecular formula is C79H79NO2. The smallest absolute Gasteiger partial charge is 0.144 e. The van der Waals surface area contributed by atoms with Crippen molar-refractivity contribution in [3.63, 3.8) is 0 Å². The zero-order valence-corrected chi connectivity index (χ0v) is 49.9. The molecule has 0 saturated heterocycles. The summed E-state index contributed by atoms with van der Waals surface area (Å²) in [5, 5.41) is 4.87. The first-order valence-corrected chi connectivity index (χ1v) is 31.1. The van der Waals surface area contributed by atoms with Crippen molar-refractivity contribution < 1.29 is 8.83 Å². The van der Waals surface area contributed by atoms with Crippen LogP contribution in [0, 0.1) is 0 Å². The van der Waals surface area contributed by atoms with Crippen LogP contribution in [-0.2, 0) is 21.7 Å². The Bertz CT molecular complexity index is 4270. The molecule has 3 nitrogen and oxygen atoms in total. The summed E-state index contributed by atoms with van der Waals surface area (Å²) in [4.78, 5) is 2.59. The maximum atomic E-state index is 7.08. The Morgan fingerprint density at radius 2 is 0.902 bits per heavy atom. The van der Waals surface area contributed by atoms with Crippen molar-refractivity contribution in [3.8, 4) is 44.5 Å². The molecule has 3 heteroatoms. The van der Waals surface area contributed by atoms with Gasteiger partial charge in [-0.3, -0.25) is 0 Å². The highest BCUT2D eigenvalue weighted by atomic mass is 16.3. The van der Waals surface area contributed by atoms with E-state index in [0.29, 0.717) is 0 Å². The van der Waals surface area contributed by atoms with Gasteiger partial charge in [0.2, 0.25) is 0 Å². The second kappa shape index (κ2) is 19.8. The van der Waals surface area contributed by atoms with Gasteiger partial charge in [0.25, 0.3) is 0 Å². The van der Waals surface area contributed by atoms with Gasteiger partial charge in [0.1, 0.15) is 22.3 Å². The minimum absolute atomic E-state index is 0.0113. The van der Waals surface area contributed by atoms with Crippen LogP contribution in [0.25, 0.3) is 88.4 Å². The van der Waals surface area contributed by atoms with Gasteiger partial charge in [0.15, 0.2) is 0 Å². The molecule has 0 radical (unpaired) electrons. The van der Waals surface area contributed by atoms with Crippen LogP contribution in [0.4, 0.5) is 17.1 Å². The number of rotatable bonds is 16. The molecule has 0 bridgehead atoms. The molecule has 82 heavy (non-hydrogen) atoms. The summed E-state index contributed by atoms with van der Waals surface area (Å²) in [7, 11) is 0. The third-order valence-corrected chi connectivity index (χ3v) is 19.8. The van der Waals surface area contributed by atoms with Crippen molar-refractivity contribution in [2.24, 2.45) is 0 Å². The fourth-order valence-corrected chi connectivity index (χ4v) is 15.8. The summed E-state index contributed by atoms with van der Waals surface area (Å²) in [5.74, 6) is 0. The van der Waals surface area contributed by atoms with E-state index in [1.54, 1.807) is 0 Å². The summed E-state index contributed by atoms with van der Waals surface area (Å²) in [6, 6.07) is 64.7. The Hall–Kier alpha value is -7.62. The third-order valence-electron chi connectivity index (χ3n) is 19.8. The summed E-state index contributed by atoms with van der Waals surface area (Å²) in [6.07, 6.45) is 14.7. The van der Waals surface area contributed by atoms with Crippen molar-refractivity contribution in [1.29, 1.82) is 0 Å². The third kappa shape index (κ3) is 7.95.